The lowest BCUT2D eigenvalue weighted by Gasteiger charge is -2.34. The number of halogens is 1. The Kier molecular flexibility index (Phi) is 5.82. The Bertz CT molecular complexity index is 1310. The average Bonchev–Trinajstić information content (AvgIpc) is 2.78. The van der Waals surface area contributed by atoms with Crippen LogP contribution in [0.3, 0.4) is 0 Å². The van der Waals surface area contributed by atoms with Gasteiger partial charge >= 0.3 is 11.7 Å². The number of allylic oxidation sites excluding steroid dienone is 3. The molecule has 1 aromatic carbocycles. The number of hydrogen-bond donors (Lipinski definition) is 3. The molecule has 0 radical (unpaired) electrons. The highest BCUT2D eigenvalue weighted by atomic mass is 19.1. The fourth-order valence-corrected chi connectivity index (χ4v) is 3.80. The van der Waals surface area contributed by atoms with Gasteiger partial charge < -0.3 is 20.5 Å². The topological polar surface area (TPSA) is 116 Å². The van der Waals surface area contributed by atoms with Crippen LogP contribution in [0.15, 0.2) is 75.9 Å². The molecule has 1 aromatic heterocycles. The number of urea groups is 1. The van der Waals surface area contributed by atoms with E-state index in [0.717, 1.165) is 4.57 Å². The van der Waals surface area contributed by atoms with Crippen molar-refractivity contribution in [2.45, 2.75) is 19.4 Å². The molecule has 0 spiro atoms. The lowest BCUT2D eigenvalue weighted by atomic mass is 9.86. The summed E-state index contributed by atoms with van der Waals surface area (Å²) in [6.45, 7) is 1.77. The van der Waals surface area contributed by atoms with E-state index >= 15 is 0 Å². The lowest BCUT2D eigenvalue weighted by Crippen LogP contribution is -2.52. The molecule has 170 valence electrons. The van der Waals surface area contributed by atoms with Gasteiger partial charge in [-0.15, -0.1) is 0 Å². The first-order valence-corrected chi connectivity index (χ1v) is 10.3. The van der Waals surface area contributed by atoms with Gasteiger partial charge in [-0.05, 0) is 43.2 Å². The number of benzene rings is 1. The van der Waals surface area contributed by atoms with Crippen molar-refractivity contribution in [3.8, 4) is 5.69 Å². The number of nitrogens with one attached hydrogen (secondary N) is 3. The number of aromatic nitrogens is 2. The number of aryl methyl sites for hydroxylation is 1. The molecule has 1 aliphatic carbocycles. The summed E-state index contributed by atoms with van der Waals surface area (Å²) in [6.07, 6.45) is 7.40. The van der Waals surface area contributed by atoms with Gasteiger partial charge in [-0.25, -0.2) is 18.5 Å². The van der Waals surface area contributed by atoms with Crippen molar-refractivity contribution in [3.05, 3.63) is 92.7 Å². The highest BCUT2D eigenvalue weighted by Crippen LogP contribution is 2.28. The van der Waals surface area contributed by atoms with Crippen LogP contribution >= 0.6 is 0 Å². The van der Waals surface area contributed by atoms with Crippen LogP contribution in [0.2, 0.25) is 0 Å². The first-order chi connectivity index (χ1) is 15.7. The predicted molar refractivity (Wildman–Crippen MR) is 121 cm³/mol. The zero-order valence-corrected chi connectivity index (χ0v) is 18.0. The highest BCUT2D eigenvalue weighted by molar-refractivity contribution is 6.06. The molecule has 10 heteroatoms. The van der Waals surface area contributed by atoms with Crippen LogP contribution in [0.1, 0.15) is 12.0 Å². The quantitative estimate of drug-likeness (QED) is 0.660. The van der Waals surface area contributed by atoms with Crippen LogP contribution in [-0.2, 0) is 4.79 Å². The molecule has 33 heavy (non-hydrogen) atoms. The summed E-state index contributed by atoms with van der Waals surface area (Å²) in [7, 11) is 1.52. The largest absolute Gasteiger partial charge is 0.332 e. The number of aromatic amines is 1. The first-order valence-electron chi connectivity index (χ1n) is 10.3. The van der Waals surface area contributed by atoms with Gasteiger partial charge in [0.15, 0.2) is 0 Å². The van der Waals surface area contributed by atoms with E-state index in [4.69, 9.17) is 0 Å². The SMILES string of the molecule is Cc1ccc(-n2c(=O)cc[nH]c2=O)cc1NC(=O)C1=CN(C)C(=O)NC1C1C=CC(F)=CC1. The zero-order valence-electron chi connectivity index (χ0n) is 18.0. The Hall–Kier alpha value is -4.21. The molecule has 0 saturated carbocycles. The summed E-state index contributed by atoms with van der Waals surface area (Å²) in [5.41, 5.74) is 0.577. The van der Waals surface area contributed by atoms with E-state index in [1.807, 2.05) is 0 Å². The number of anilines is 1. The van der Waals surface area contributed by atoms with Crippen molar-refractivity contribution in [2.24, 2.45) is 5.92 Å². The van der Waals surface area contributed by atoms with Crippen LogP contribution in [0.25, 0.3) is 5.69 Å². The maximum Gasteiger partial charge on any atom is 0.332 e. The third-order valence-electron chi connectivity index (χ3n) is 5.63. The van der Waals surface area contributed by atoms with E-state index in [1.165, 1.54) is 48.6 Å². The van der Waals surface area contributed by atoms with Crippen LogP contribution in [-0.4, -0.2) is 39.5 Å². The van der Waals surface area contributed by atoms with Crippen molar-refractivity contribution in [2.75, 3.05) is 12.4 Å². The predicted octanol–water partition coefficient (Wildman–Crippen LogP) is 2.11. The number of hydrogen-bond acceptors (Lipinski definition) is 4. The van der Waals surface area contributed by atoms with E-state index in [0.29, 0.717) is 23.2 Å². The molecule has 2 aliphatic rings. The Morgan fingerprint density at radius 3 is 2.70 bits per heavy atom. The van der Waals surface area contributed by atoms with Gasteiger partial charge in [-0.3, -0.25) is 9.59 Å². The summed E-state index contributed by atoms with van der Waals surface area (Å²) in [5.74, 6) is -1.13. The minimum absolute atomic E-state index is 0.290. The van der Waals surface area contributed by atoms with E-state index in [9.17, 15) is 23.6 Å². The number of carbonyl (C=O) groups excluding carboxylic acids is 2. The molecule has 0 saturated heterocycles. The van der Waals surface area contributed by atoms with Crippen molar-refractivity contribution >= 4 is 17.6 Å². The maximum absolute atomic E-state index is 13.4. The van der Waals surface area contributed by atoms with Crippen LogP contribution in [0.5, 0.6) is 0 Å². The van der Waals surface area contributed by atoms with Crippen LogP contribution in [0, 0.1) is 12.8 Å². The molecular formula is C23H22FN5O4. The Labute approximate surface area is 187 Å². The first kappa shape index (κ1) is 22.0. The fraction of sp³-hybridized carbons (Fsp3) is 0.217. The molecule has 9 nitrogen and oxygen atoms in total. The molecule has 4 rings (SSSR count). The van der Waals surface area contributed by atoms with Gasteiger partial charge in [-0.2, -0.15) is 0 Å². The second kappa shape index (κ2) is 8.73. The lowest BCUT2D eigenvalue weighted by molar-refractivity contribution is -0.113. The summed E-state index contributed by atoms with van der Waals surface area (Å²) < 4.78 is 14.4. The molecule has 2 aromatic rings. The van der Waals surface area contributed by atoms with Crippen LogP contribution in [0.4, 0.5) is 14.9 Å². The highest BCUT2D eigenvalue weighted by Gasteiger charge is 2.34. The Morgan fingerprint density at radius 1 is 1.21 bits per heavy atom. The Balaban J connectivity index is 1.66. The number of rotatable bonds is 4. The van der Waals surface area contributed by atoms with Crippen LogP contribution < -0.4 is 21.9 Å². The molecule has 1 aliphatic heterocycles. The van der Waals surface area contributed by atoms with Gasteiger partial charge in [0.25, 0.3) is 11.5 Å². The van der Waals surface area contributed by atoms with Crippen molar-refractivity contribution in [1.29, 1.82) is 0 Å². The zero-order chi connectivity index (χ0) is 23.7. The minimum Gasteiger partial charge on any atom is -0.330 e. The van der Waals surface area contributed by atoms with Gasteiger partial charge in [0.05, 0.1) is 17.3 Å². The summed E-state index contributed by atoms with van der Waals surface area (Å²) in [5, 5.41) is 5.61. The number of carbonyl (C=O) groups is 2. The smallest absolute Gasteiger partial charge is 0.330 e. The van der Waals surface area contributed by atoms with Gasteiger partial charge in [0.2, 0.25) is 0 Å². The fourth-order valence-electron chi connectivity index (χ4n) is 3.80. The molecule has 0 bridgehead atoms. The standard InChI is InChI=1S/C23H22FN5O4/c1-13-3-8-16(29-19(30)9-10-25-22(29)32)11-18(13)26-21(31)17-12-28(2)23(33)27-20(17)14-4-6-15(24)7-5-14/h3-4,6-12,14,20H,5H2,1-2H3,(H,25,32)(H,26,31)(H,27,33). The number of amides is 3. The second-order valence-corrected chi connectivity index (χ2v) is 7.88. The normalized spacial score (nSPS) is 20.1. The average molecular weight is 451 g/mol. The molecular weight excluding hydrogens is 429 g/mol. The summed E-state index contributed by atoms with van der Waals surface area (Å²) >= 11 is 0. The van der Waals surface area contributed by atoms with Crippen molar-refractivity contribution in [3.63, 3.8) is 0 Å². The second-order valence-electron chi connectivity index (χ2n) is 7.88. The Morgan fingerprint density at radius 2 is 2.00 bits per heavy atom. The van der Waals surface area contributed by atoms with E-state index in [-0.39, 0.29) is 23.5 Å². The molecule has 2 unspecified atom stereocenters. The van der Waals surface area contributed by atoms with Crippen molar-refractivity contribution < 1.29 is 14.0 Å². The molecule has 2 heterocycles. The molecule has 0 fully saturated rings. The molecule has 2 atom stereocenters. The molecule has 3 N–H and O–H groups in total. The van der Waals surface area contributed by atoms with E-state index < -0.39 is 23.2 Å². The van der Waals surface area contributed by atoms with Gasteiger partial charge in [-0.1, -0.05) is 12.1 Å². The van der Waals surface area contributed by atoms with Gasteiger partial charge in [0, 0.05) is 37.1 Å². The van der Waals surface area contributed by atoms with Gasteiger partial charge in [0.1, 0.15) is 5.83 Å². The van der Waals surface area contributed by atoms with E-state index in [1.54, 1.807) is 25.1 Å². The molecule has 3 amide bonds. The van der Waals surface area contributed by atoms with E-state index in [2.05, 4.69) is 15.6 Å². The number of nitrogens with zero attached hydrogens (tertiary/aromatic N) is 2. The number of H-pyrrole nitrogens is 1. The summed E-state index contributed by atoms with van der Waals surface area (Å²) in [6, 6.07) is 5.01. The minimum atomic E-state index is -0.655. The van der Waals surface area contributed by atoms with Crippen molar-refractivity contribution in [1.82, 2.24) is 19.8 Å². The third kappa shape index (κ3) is 4.40. The monoisotopic (exact) mass is 451 g/mol. The maximum atomic E-state index is 13.4. The summed E-state index contributed by atoms with van der Waals surface area (Å²) in [4.78, 5) is 53.5. The third-order valence-corrected chi connectivity index (χ3v) is 5.63.